The lowest BCUT2D eigenvalue weighted by Gasteiger charge is -2.43. The minimum Gasteiger partial charge on any atom is -0.378 e. The van der Waals surface area contributed by atoms with E-state index in [0.29, 0.717) is 17.8 Å². The molecule has 1 saturated heterocycles. The molecule has 1 fully saturated rings. The number of nitrogens with zero attached hydrogens (tertiary/aromatic N) is 2. The average Bonchev–Trinajstić information content (AvgIpc) is 3.01. The molecule has 0 saturated carbocycles. The van der Waals surface area contributed by atoms with Crippen molar-refractivity contribution in [1.82, 2.24) is 15.4 Å². The third kappa shape index (κ3) is 4.54. The van der Waals surface area contributed by atoms with Gasteiger partial charge in [0, 0.05) is 25.7 Å². The first kappa shape index (κ1) is 17.9. The summed E-state index contributed by atoms with van der Waals surface area (Å²) in [5.41, 5.74) is 0.918. The Kier molecular flexibility index (Phi) is 6.18. The van der Waals surface area contributed by atoms with Crippen LogP contribution in [0.4, 0.5) is 0 Å². The van der Waals surface area contributed by atoms with Gasteiger partial charge in [-0.05, 0) is 39.2 Å². The molecule has 0 aliphatic carbocycles. The second-order valence-corrected chi connectivity index (χ2v) is 6.97. The fourth-order valence-electron chi connectivity index (χ4n) is 3.14. The van der Waals surface area contributed by atoms with Gasteiger partial charge in [-0.3, -0.25) is 9.69 Å². The molecule has 1 aliphatic rings. The molecule has 2 rings (SSSR count). The summed E-state index contributed by atoms with van der Waals surface area (Å²) < 4.78 is 9.93. The second kappa shape index (κ2) is 7.93. The number of carbonyl (C=O) groups excluding carboxylic acids is 1. The number of likely N-dealkylation sites (tertiary alicyclic amines) is 1. The van der Waals surface area contributed by atoms with Crippen LogP contribution in [0.1, 0.15) is 56.1 Å². The van der Waals surface area contributed by atoms with Crippen molar-refractivity contribution in [2.24, 2.45) is 5.92 Å². The number of piperidine rings is 1. The Balaban J connectivity index is 1.92. The quantitative estimate of drug-likeness (QED) is 0.835. The number of nitrogens with one attached hydrogen (secondary N) is 1. The SMILES string of the molecule is CC[C@@H]1CCCN(C(C)(C)CNC(=O)c2conc2COC)C1. The standard InChI is InChI=1S/C17H29N3O3/c1-5-13-7-6-8-20(9-13)17(2,3)12-18-16(21)14-10-23-19-15(14)11-22-4/h10,13H,5-9,11-12H2,1-4H3,(H,18,21)/t13-/m1/s1. The van der Waals surface area contributed by atoms with E-state index in [0.717, 1.165) is 19.0 Å². The van der Waals surface area contributed by atoms with E-state index in [4.69, 9.17) is 9.26 Å². The number of aromatic nitrogens is 1. The Morgan fingerprint density at radius 3 is 3.04 bits per heavy atom. The van der Waals surface area contributed by atoms with Gasteiger partial charge in [0.25, 0.3) is 5.91 Å². The second-order valence-electron chi connectivity index (χ2n) is 6.97. The monoisotopic (exact) mass is 323 g/mol. The lowest BCUT2D eigenvalue weighted by atomic mass is 9.91. The number of ether oxygens (including phenoxy) is 1. The molecular formula is C17H29N3O3. The molecular weight excluding hydrogens is 294 g/mol. The maximum atomic E-state index is 12.4. The fraction of sp³-hybridized carbons (Fsp3) is 0.765. The van der Waals surface area contributed by atoms with Crippen LogP contribution in [0.5, 0.6) is 0 Å². The van der Waals surface area contributed by atoms with E-state index in [1.807, 2.05) is 0 Å². The zero-order valence-electron chi connectivity index (χ0n) is 14.7. The molecule has 0 radical (unpaired) electrons. The lowest BCUT2D eigenvalue weighted by Crippen LogP contribution is -2.54. The van der Waals surface area contributed by atoms with Crippen LogP contribution in [-0.4, -0.2) is 48.2 Å². The molecule has 0 spiro atoms. The molecule has 0 bridgehead atoms. The molecule has 0 aromatic carbocycles. The van der Waals surface area contributed by atoms with Crippen LogP contribution in [0.25, 0.3) is 0 Å². The van der Waals surface area contributed by atoms with Gasteiger partial charge >= 0.3 is 0 Å². The van der Waals surface area contributed by atoms with Gasteiger partial charge in [-0.1, -0.05) is 18.5 Å². The molecule has 23 heavy (non-hydrogen) atoms. The Hall–Kier alpha value is -1.40. The predicted molar refractivity (Wildman–Crippen MR) is 88.2 cm³/mol. The van der Waals surface area contributed by atoms with Crippen molar-refractivity contribution >= 4 is 5.91 Å². The first-order chi connectivity index (χ1) is 11.0. The summed E-state index contributed by atoms with van der Waals surface area (Å²) in [6.07, 6.45) is 5.15. The summed E-state index contributed by atoms with van der Waals surface area (Å²) in [7, 11) is 1.57. The molecule has 1 N–H and O–H groups in total. The predicted octanol–water partition coefficient (Wildman–Crippen LogP) is 2.45. The van der Waals surface area contributed by atoms with Crippen molar-refractivity contribution in [3.05, 3.63) is 17.5 Å². The van der Waals surface area contributed by atoms with Gasteiger partial charge < -0.3 is 14.6 Å². The molecule has 1 amide bonds. The molecule has 130 valence electrons. The summed E-state index contributed by atoms with van der Waals surface area (Å²) >= 11 is 0. The average molecular weight is 323 g/mol. The maximum absolute atomic E-state index is 12.4. The van der Waals surface area contributed by atoms with Crippen molar-refractivity contribution in [2.75, 3.05) is 26.7 Å². The molecule has 1 atom stereocenters. The van der Waals surface area contributed by atoms with Crippen LogP contribution in [-0.2, 0) is 11.3 Å². The Morgan fingerprint density at radius 2 is 2.35 bits per heavy atom. The number of hydrogen-bond acceptors (Lipinski definition) is 5. The highest BCUT2D eigenvalue weighted by molar-refractivity contribution is 5.94. The summed E-state index contributed by atoms with van der Waals surface area (Å²) in [6.45, 7) is 9.71. The Bertz CT molecular complexity index is 513. The van der Waals surface area contributed by atoms with E-state index >= 15 is 0 Å². The molecule has 2 heterocycles. The zero-order valence-corrected chi connectivity index (χ0v) is 14.7. The van der Waals surface area contributed by atoms with Gasteiger partial charge in [0.05, 0.1) is 6.61 Å². The third-order valence-corrected chi connectivity index (χ3v) is 4.80. The highest BCUT2D eigenvalue weighted by atomic mass is 16.5. The van der Waals surface area contributed by atoms with Crippen molar-refractivity contribution in [1.29, 1.82) is 0 Å². The summed E-state index contributed by atoms with van der Waals surface area (Å²) in [4.78, 5) is 14.9. The van der Waals surface area contributed by atoms with Gasteiger partial charge in [0.2, 0.25) is 0 Å². The number of rotatable bonds is 7. The maximum Gasteiger partial charge on any atom is 0.256 e. The summed E-state index contributed by atoms with van der Waals surface area (Å²) in [5, 5.41) is 6.83. The summed E-state index contributed by atoms with van der Waals surface area (Å²) in [5.74, 6) is 0.612. The number of carbonyl (C=O) groups is 1. The van der Waals surface area contributed by atoms with Gasteiger partial charge in [-0.2, -0.15) is 0 Å². The molecule has 6 nitrogen and oxygen atoms in total. The number of amides is 1. The molecule has 0 unspecified atom stereocenters. The number of hydrogen-bond donors (Lipinski definition) is 1. The molecule has 6 heteroatoms. The van der Waals surface area contributed by atoms with Crippen LogP contribution >= 0.6 is 0 Å². The lowest BCUT2D eigenvalue weighted by molar-refractivity contribution is 0.0611. The normalized spacial score (nSPS) is 19.7. The van der Waals surface area contributed by atoms with Crippen molar-refractivity contribution in [3.8, 4) is 0 Å². The van der Waals surface area contributed by atoms with Crippen molar-refractivity contribution in [2.45, 2.75) is 52.2 Å². The zero-order chi connectivity index (χ0) is 16.9. The topological polar surface area (TPSA) is 67.6 Å². The van der Waals surface area contributed by atoms with Crippen LogP contribution in [0.15, 0.2) is 10.8 Å². The van der Waals surface area contributed by atoms with Crippen molar-refractivity contribution in [3.63, 3.8) is 0 Å². The molecule has 1 aromatic heterocycles. The third-order valence-electron chi connectivity index (χ3n) is 4.80. The Labute approximate surface area is 138 Å². The molecule has 1 aliphatic heterocycles. The van der Waals surface area contributed by atoms with E-state index in [1.165, 1.54) is 25.5 Å². The van der Waals surface area contributed by atoms with E-state index in [2.05, 4.69) is 36.1 Å². The van der Waals surface area contributed by atoms with E-state index in [-0.39, 0.29) is 18.1 Å². The minimum atomic E-state index is -0.157. The minimum absolute atomic E-state index is 0.0674. The highest BCUT2D eigenvalue weighted by Gasteiger charge is 2.31. The van der Waals surface area contributed by atoms with Crippen LogP contribution in [0.2, 0.25) is 0 Å². The Morgan fingerprint density at radius 1 is 1.57 bits per heavy atom. The van der Waals surface area contributed by atoms with Gasteiger partial charge in [0.1, 0.15) is 17.5 Å². The smallest absolute Gasteiger partial charge is 0.256 e. The highest BCUT2D eigenvalue weighted by Crippen LogP contribution is 2.25. The van der Waals surface area contributed by atoms with Crippen LogP contribution in [0.3, 0.4) is 0 Å². The van der Waals surface area contributed by atoms with E-state index in [9.17, 15) is 4.79 Å². The number of methoxy groups -OCH3 is 1. The van der Waals surface area contributed by atoms with Crippen LogP contribution < -0.4 is 5.32 Å². The first-order valence-electron chi connectivity index (χ1n) is 8.43. The largest absolute Gasteiger partial charge is 0.378 e. The van der Waals surface area contributed by atoms with Crippen LogP contribution in [0, 0.1) is 5.92 Å². The fourth-order valence-corrected chi connectivity index (χ4v) is 3.14. The summed E-state index contributed by atoms with van der Waals surface area (Å²) in [6, 6.07) is 0. The van der Waals surface area contributed by atoms with Gasteiger partial charge in [-0.25, -0.2) is 0 Å². The van der Waals surface area contributed by atoms with Gasteiger partial charge in [0.15, 0.2) is 0 Å². The van der Waals surface area contributed by atoms with Crippen molar-refractivity contribution < 1.29 is 14.1 Å². The molecule has 1 aromatic rings. The van der Waals surface area contributed by atoms with Gasteiger partial charge in [-0.15, -0.1) is 0 Å². The van der Waals surface area contributed by atoms with E-state index < -0.39 is 0 Å². The van der Waals surface area contributed by atoms with E-state index in [1.54, 1.807) is 7.11 Å². The first-order valence-corrected chi connectivity index (χ1v) is 8.43.